The van der Waals surface area contributed by atoms with Crippen molar-refractivity contribution in [1.82, 2.24) is 5.32 Å². The highest BCUT2D eigenvalue weighted by Crippen LogP contribution is 2.28. The lowest BCUT2D eigenvalue weighted by Crippen LogP contribution is -2.54. The van der Waals surface area contributed by atoms with E-state index in [-0.39, 0.29) is 5.57 Å². The summed E-state index contributed by atoms with van der Waals surface area (Å²) in [6, 6.07) is 18.6. The Hall–Kier alpha value is -3.43. The van der Waals surface area contributed by atoms with Crippen LogP contribution in [0, 0.1) is 0 Å². The summed E-state index contributed by atoms with van der Waals surface area (Å²) < 4.78 is 12.6. The summed E-state index contributed by atoms with van der Waals surface area (Å²) in [7, 11) is 1.54. The molecule has 1 heterocycles. The van der Waals surface area contributed by atoms with Crippen LogP contribution >= 0.6 is 31.9 Å². The van der Waals surface area contributed by atoms with Crippen molar-refractivity contribution in [3.8, 4) is 11.5 Å². The summed E-state index contributed by atoms with van der Waals surface area (Å²) in [6.07, 6.45) is 1.43. The summed E-state index contributed by atoms with van der Waals surface area (Å²) in [6.45, 7) is 0.370. The van der Waals surface area contributed by atoms with Crippen molar-refractivity contribution in [2.24, 2.45) is 0 Å². The molecule has 0 saturated carbocycles. The number of hydrogen-bond acceptors (Lipinski definition) is 5. The molecule has 1 aliphatic rings. The van der Waals surface area contributed by atoms with E-state index in [4.69, 9.17) is 9.47 Å². The Morgan fingerprint density at radius 2 is 1.65 bits per heavy atom. The van der Waals surface area contributed by atoms with Crippen LogP contribution in [-0.4, -0.2) is 25.0 Å². The minimum atomic E-state index is -0.813. The molecule has 1 fully saturated rings. The monoisotopic (exact) mass is 584 g/mol. The molecule has 1 saturated heterocycles. The van der Waals surface area contributed by atoms with Crippen molar-refractivity contribution >= 4 is 61.5 Å². The first-order chi connectivity index (χ1) is 16.4. The molecule has 0 atom stereocenters. The number of urea groups is 1. The molecule has 172 valence electrons. The van der Waals surface area contributed by atoms with Gasteiger partial charge < -0.3 is 9.47 Å². The van der Waals surface area contributed by atoms with E-state index in [0.29, 0.717) is 33.8 Å². The number of halogens is 2. The molecule has 1 N–H and O–H groups in total. The standard InChI is InChI=1S/C25H18Br2N2O5/c1-33-22-11-4-16(13-21(22)27)12-20-23(30)28-25(32)29(24(20)31)18-7-9-19(10-8-18)34-14-15-2-5-17(26)6-3-15/h2-13H,14H2,1H3,(H,28,30,32)/b20-12+. The Bertz CT molecular complexity index is 1290. The molecule has 0 radical (unpaired) electrons. The van der Waals surface area contributed by atoms with Crippen LogP contribution in [0.4, 0.5) is 10.5 Å². The topological polar surface area (TPSA) is 84.9 Å². The largest absolute Gasteiger partial charge is 0.496 e. The maximum atomic E-state index is 13.1. The van der Waals surface area contributed by atoms with Gasteiger partial charge in [-0.15, -0.1) is 0 Å². The number of carbonyl (C=O) groups excluding carboxylic acids is 3. The molecule has 0 spiro atoms. The summed E-state index contributed by atoms with van der Waals surface area (Å²) in [4.78, 5) is 38.9. The van der Waals surface area contributed by atoms with Crippen LogP contribution in [0.2, 0.25) is 0 Å². The van der Waals surface area contributed by atoms with Gasteiger partial charge in [-0.05, 0) is 81.7 Å². The molecule has 34 heavy (non-hydrogen) atoms. The van der Waals surface area contributed by atoms with E-state index in [0.717, 1.165) is 14.9 Å². The maximum Gasteiger partial charge on any atom is 0.335 e. The van der Waals surface area contributed by atoms with Gasteiger partial charge >= 0.3 is 6.03 Å². The van der Waals surface area contributed by atoms with Gasteiger partial charge in [0.1, 0.15) is 23.7 Å². The number of nitrogens with one attached hydrogen (secondary N) is 1. The zero-order chi connectivity index (χ0) is 24.2. The number of amides is 4. The Morgan fingerprint density at radius 1 is 0.941 bits per heavy atom. The molecule has 0 unspecified atom stereocenters. The highest BCUT2D eigenvalue weighted by molar-refractivity contribution is 9.10. The highest BCUT2D eigenvalue weighted by atomic mass is 79.9. The van der Waals surface area contributed by atoms with Crippen LogP contribution in [0.15, 0.2) is 81.2 Å². The normalized spacial score (nSPS) is 14.9. The predicted molar refractivity (Wildman–Crippen MR) is 135 cm³/mol. The van der Waals surface area contributed by atoms with Crippen molar-refractivity contribution in [3.63, 3.8) is 0 Å². The van der Waals surface area contributed by atoms with Gasteiger partial charge in [0.15, 0.2) is 0 Å². The third-order valence-corrected chi connectivity index (χ3v) is 6.15. The lowest BCUT2D eigenvalue weighted by Gasteiger charge is -2.26. The lowest BCUT2D eigenvalue weighted by atomic mass is 10.1. The molecular formula is C25H18Br2N2O5. The van der Waals surface area contributed by atoms with E-state index < -0.39 is 17.8 Å². The number of imide groups is 2. The second-order valence-corrected chi connectivity index (χ2v) is 9.03. The molecule has 7 nitrogen and oxygen atoms in total. The minimum Gasteiger partial charge on any atom is -0.496 e. The lowest BCUT2D eigenvalue weighted by molar-refractivity contribution is -0.122. The van der Waals surface area contributed by atoms with Crippen LogP contribution in [0.1, 0.15) is 11.1 Å². The molecule has 3 aromatic rings. The first kappa shape index (κ1) is 23.7. The summed E-state index contributed by atoms with van der Waals surface area (Å²) >= 11 is 6.77. The fourth-order valence-electron chi connectivity index (χ4n) is 3.27. The Balaban J connectivity index is 1.53. The van der Waals surface area contributed by atoms with Crippen LogP contribution in [0.5, 0.6) is 11.5 Å². The molecule has 4 amide bonds. The van der Waals surface area contributed by atoms with Gasteiger partial charge in [-0.1, -0.05) is 34.1 Å². The van der Waals surface area contributed by atoms with Crippen LogP contribution in [0.25, 0.3) is 6.08 Å². The molecule has 0 aliphatic carbocycles. The fourth-order valence-corrected chi connectivity index (χ4v) is 4.09. The average Bonchev–Trinajstić information content (AvgIpc) is 2.82. The van der Waals surface area contributed by atoms with Gasteiger partial charge in [0.25, 0.3) is 11.8 Å². The number of carbonyl (C=O) groups is 3. The first-order valence-electron chi connectivity index (χ1n) is 10.1. The van der Waals surface area contributed by atoms with Crippen molar-refractivity contribution in [3.05, 3.63) is 92.4 Å². The predicted octanol–water partition coefficient (Wildman–Crippen LogP) is 5.47. The quantitative estimate of drug-likeness (QED) is 0.306. The van der Waals surface area contributed by atoms with Crippen molar-refractivity contribution in [2.45, 2.75) is 6.61 Å². The van der Waals surface area contributed by atoms with Crippen LogP contribution < -0.4 is 19.7 Å². The van der Waals surface area contributed by atoms with Crippen molar-refractivity contribution in [1.29, 1.82) is 0 Å². The zero-order valence-corrected chi connectivity index (χ0v) is 21.1. The van der Waals surface area contributed by atoms with Crippen LogP contribution in [-0.2, 0) is 16.2 Å². The highest BCUT2D eigenvalue weighted by Gasteiger charge is 2.36. The Morgan fingerprint density at radius 3 is 2.29 bits per heavy atom. The van der Waals surface area contributed by atoms with E-state index in [1.54, 1.807) is 42.5 Å². The Kier molecular flexibility index (Phi) is 7.14. The molecule has 3 aromatic carbocycles. The van der Waals surface area contributed by atoms with Crippen molar-refractivity contribution in [2.75, 3.05) is 12.0 Å². The van der Waals surface area contributed by atoms with E-state index in [9.17, 15) is 14.4 Å². The van der Waals surface area contributed by atoms with Gasteiger partial charge in [0.05, 0.1) is 17.3 Å². The van der Waals surface area contributed by atoms with Crippen molar-refractivity contribution < 1.29 is 23.9 Å². The zero-order valence-electron chi connectivity index (χ0n) is 17.9. The number of benzene rings is 3. The second kappa shape index (κ2) is 10.2. The third-order valence-electron chi connectivity index (χ3n) is 5.00. The number of barbiturate groups is 1. The number of ether oxygens (including phenoxy) is 2. The average molecular weight is 586 g/mol. The molecule has 9 heteroatoms. The second-order valence-electron chi connectivity index (χ2n) is 7.26. The number of hydrogen-bond donors (Lipinski definition) is 1. The van der Waals surface area contributed by atoms with Crippen LogP contribution in [0.3, 0.4) is 0 Å². The van der Waals surface area contributed by atoms with Gasteiger partial charge in [-0.25, -0.2) is 9.69 Å². The number of nitrogens with zero attached hydrogens (tertiary/aromatic N) is 1. The fraction of sp³-hybridized carbons (Fsp3) is 0.0800. The number of methoxy groups -OCH3 is 1. The van der Waals surface area contributed by atoms with E-state index in [1.807, 2.05) is 24.3 Å². The summed E-state index contributed by atoms with van der Waals surface area (Å²) in [5.74, 6) is -0.288. The molecule has 1 aliphatic heterocycles. The molecular weight excluding hydrogens is 568 g/mol. The number of anilines is 1. The summed E-state index contributed by atoms with van der Waals surface area (Å²) in [5, 5.41) is 2.22. The number of rotatable bonds is 6. The van der Waals surface area contributed by atoms with Gasteiger partial charge in [0.2, 0.25) is 0 Å². The third kappa shape index (κ3) is 5.21. The molecule has 0 aromatic heterocycles. The molecule has 4 rings (SSSR count). The minimum absolute atomic E-state index is 0.160. The first-order valence-corrected chi connectivity index (χ1v) is 11.7. The smallest absolute Gasteiger partial charge is 0.335 e. The Labute approximate surface area is 212 Å². The summed E-state index contributed by atoms with van der Waals surface area (Å²) in [5.41, 5.74) is 1.74. The van der Waals surface area contributed by atoms with E-state index >= 15 is 0 Å². The van der Waals surface area contributed by atoms with Gasteiger partial charge in [0, 0.05) is 4.47 Å². The van der Waals surface area contributed by atoms with Gasteiger partial charge in [-0.2, -0.15) is 0 Å². The maximum absolute atomic E-state index is 13.1. The van der Waals surface area contributed by atoms with E-state index in [2.05, 4.69) is 37.2 Å². The van der Waals surface area contributed by atoms with Gasteiger partial charge in [-0.3, -0.25) is 14.9 Å². The van der Waals surface area contributed by atoms with E-state index in [1.165, 1.54) is 13.2 Å². The molecule has 0 bridgehead atoms. The SMILES string of the molecule is COc1ccc(/C=C2\C(=O)NC(=O)N(c3ccc(OCc4ccc(Br)cc4)cc3)C2=O)cc1Br.